The Morgan fingerprint density at radius 2 is 1.67 bits per heavy atom. The molecule has 0 saturated carbocycles. The minimum Gasteiger partial charge on any atom is -0.490 e. The van der Waals surface area contributed by atoms with E-state index in [1.807, 2.05) is 38.1 Å². The number of ether oxygens (including phenoxy) is 2. The van der Waals surface area contributed by atoms with E-state index >= 15 is 0 Å². The number of hydrogen-bond donors (Lipinski definition) is 0. The summed E-state index contributed by atoms with van der Waals surface area (Å²) >= 11 is 0. The van der Waals surface area contributed by atoms with Gasteiger partial charge in [-0.1, -0.05) is 29.8 Å². The van der Waals surface area contributed by atoms with Crippen LogP contribution in [0.2, 0.25) is 0 Å². The quantitative estimate of drug-likeness (QED) is 0.638. The largest absolute Gasteiger partial charge is 0.490 e. The standard InChI is InChI=1S/C23H29NO5S/c1-3-28-21-6-4-5-7-22(21)29-19-12-15-24(16-13-19)23(25)14-17-30(26,27)20-10-8-18(2)9-11-20/h4-11,19H,3,12-17H2,1-2H3. The molecule has 2 aromatic carbocycles. The summed E-state index contributed by atoms with van der Waals surface area (Å²) in [6.45, 7) is 5.52. The van der Waals surface area contributed by atoms with Crippen LogP contribution >= 0.6 is 0 Å². The molecule has 0 aliphatic carbocycles. The zero-order valence-electron chi connectivity index (χ0n) is 17.5. The summed E-state index contributed by atoms with van der Waals surface area (Å²) in [5.41, 5.74) is 0.999. The van der Waals surface area contributed by atoms with Gasteiger partial charge in [0.05, 0.1) is 17.3 Å². The van der Waals surface area contributed by atoms with E-state index in [2.05, 4.69) is 0 Å². The fourth-order valence-electron chi connectivity index (χ4n) is 3.47. The summed E-state index contributed by atoms with van der Waals surface area (Å²) in [5.74, 6) is 1.14. The number of benzene rings is 2. The number of para-hydroxylation sites is 2. The average molecular weight is 432 g/mol. The van der Waals surface area contributed by atoms with Crippen LogP contribution in [0.3, 0.4) is 0 Å². The summed E-state index contributed by atoms with van der Waals surface area (Å²) in [6.07, 6.45) is 1.41. The topological polar surface area (TPSA) is 72.9 Å². The van der Waals surface area contributed by atoms with Gasteiger partial charge < -0.3 is 14.4 Å². The van der Waals surface area contributed by atoms with Crippen molar-refractivity contribution in [2.24, 2.45) is 0 Å². The van der Waals surface area contributed by atoms with Crippen molar-refractivity contribution in [3.05, 3.63) is 54.1 Å². The molecule has 0 radical (unpaired) electrons. The molecule has 1 fully saturated rings. The number of sulfone groups is 1. The molecule has 1 saturated heterocycles. The Labute approximate surface area is 178 Å². The molecule has 1 heterocycles. The molecule has 0 atom stereocenters. The lowest BCUT2D eigenvalue weighted by Gasteiger charge is -2.32. The molecule has 0 N–H and O–H groups in total. The minimum absolute atomic E-state index is 0.00505. The highest BCUT2D eigenvalue weighted by Gasteiger charge is 2.26. The van der Waals surface area contributed by atoms with Crippen LogP contribution in [0.1, 0.15) is 31.7 Å². The SMILES string of the molecule is CCOc1ccccc1OC1CCN(C(=O)CCS(=O)(=O)c2ccc(C)cc2)CC1. The Morgan fingerprint density at radius 3 is 2.30 bits per heavy atom. The van der Waals surface area contributed by atoms with Crippen molar-refractivity contribution < 1.29 is 22.7 Å². The van der Waals surface area contributed by atoms with Crippen LogP contribution in [0.5, 0.6) is 11.5 Å². The molecule has 2 aromatic rings. The van der Waals surface area contributed by atoms with Gasteiger partial charge in [-0.05, 0) is 38.1 Å². The first kappa shape index (κ1) is 22.2. The van der Waals surface area contributed by atoms with E-state index in [9.17, 15) is 13.2 Å². The molecular weight excluding hydrogens is 402 g/mol. The van der Waals surface area contributed by atoms with E-state index in [0.717, 1.165) is 11.3 Å². The van der Waals surface area contributed by atoms with Crippen molar-refractivity contribution >= 4 is 15.7 Å². The number of amides is 1. The third-order valence-electron chi connectivity index (χ3n) is 5.20. The lowest BCUT2D eigenvalue weighted by atomic mass is 10.1. The van der Waals surface area contributed by atoms with E-state index in [0.29, 0.717) is 38.3 Å². The molecule has 6 nitrogen and oxygen atoms in total. The monoisotopic (exact) mass is 431 g/mol. The van der Waals surface area contributed by atoms with Crippen molar-refractivity contribution in [2.45, 2.75) is 44.1 Å². The van der Waals surface area contributed by atoms with Crippen LogP contribution in [0.15, 0.2) is 53.4 Å². The van der Waals surface area contributed by atoms with Gasteiger partial charge in [-0.15, -0.1) is 0 Å². The van der Waals surface area contributed by atoms with Gasteiger partial charge in [-0.3, -0.25) is 4.79 Å². The molecule has 3 rings (SSSR count). The van der Waals surface area contributed by atoms with E-state index in [4.69, 9.17) is 9.47 Å². The van der Waals surface area contributed by atoms with Gasteiger partial charge in [0.1, 0.15) is 6.10 Å². The number of rotatable bonds is 8. The second kappa shape index (κ2) is 9.98. The summed E-state index contributed by atoms with van der Waals surface area (Å²) in [5, 5.41) is 0. The Kier molecular flexibility index (Phi) is 7.37. The molecule has 0 spiro atoms. The molecule has 1 aliphatic heterocycles. The molecule has 1 aliphatic rings. The van der Waals surface area contributed by atoms with Gasteiger partial charge in [0.25, 0.3) is 0 Å². The maximum Gasteiger partial charge on any atom is 0.223 e. The highest BCUT2D eigenvalue weighted by molar-refractivity contribution is 7.91. The second-order valence-electron chi connectivity index (χ2n) is 7.46. The van der Waals surface area contributed by atoms with Gasteiger partial charge in [-0.25, -0.2) is 8.42 Å². The molecule has 7 heteroatoms. The lowest BCUT2D eigenvalue weighted by Crippen LogP contribution is -2.42. The highest BCUT2D eigenvalue weighted by atomic mass is 32.2. The third kappa shape index (κ3) is 5.75. The number of piperidine rings is 1. The first-order chi connectivity index (χ1) is 14.4. The fraction of sp³-hybridized carbons (Fsp3) is 0.435. The number of carbonyl (C=O) groups excluding carboxylic acids is 1. The maximum atomic E-state index is 12.5. The molecule has 0 unspecified atom stereocenters. The number of likely N-dealkylation sites (tertiary alicyclic amines) is 1. The van der Waals surface area contributed by atoms with Crippen LogP contribution in [0, 0.1) is 6.92 Å². The highest BCUT2D eigenvalue weighted by Crippen LogP contribution is 2.29. The van der Waals surface area contributed by atoms with Crippen molar-refractivity contribution in [1.29, 1.82) is 0 Å². The molecule has 30 heavy (non-hydrogen) atoms. The molecule has 1 amide bonds. The van der Waals surface area contributed by atoms with Crippen LogP contribution in [-0.4, -0.2) is 50.8 Å². The van der Waals surface area contributed by atoms with Gasteiger partial charge in [-0.2, -0.15) is 0 Å². The van der Waals surface area contributed by atoms with Gasteiger partial charge in [0, 0.05) is 32.4 Å². The summed E-state index contributed by atoms with van der Waals surface area (Å²) in [7, 11) is -3.46. The molecule has 0 bridgehead atoms. The van der Waals surface area contributed by atoms with Crippen LogP contribution in [0.25, 0.3) is 0 Å². The molecular formula is C23H29NO5S. The number of nitrogens with zero attached hydrogens (tertiary/aromatic N) is 1. The van der Waals surface area contributed by atoms with Gasteiger partial charge in [0.15, 0.2) is 21.3 Å². The molecule has 0 aromatic heterocycles. The second-order valence-corrected chi connectivity index (χ2v) is 9.57. The van der Waals surface area contributed by atoms with Crippen molar-refractivity contribution in [1.82, 2.24) is 4.90 Å². The van der Waals surface area contributed by atoms with Crippen LogP contribution < -0.4 is 9.47 Å². The van der Waals surface area contributed by atoms with Crippen molar-refractivity contribution in [2.75, 3.05) is 25.4 Å². The zero-order valence-corrected chi connectivity index (χ0v) is 18.4. The Hall–Kier alpha value is -2.54. The predicted octanol–water partition coefficient (Wildman–Crippen LogP) is 3.63. The minimum atomic E-state index is -3.46. The zero-order chi connectivity index (χ0) is 21.6. The predicted molar refractivity (Wildman–Crippen MR) is 116 cm³/mol. The Balaban J connectivity index is 1.49. The number of aryl methyl sites for hydroxylation is 1. The average Bonchev–Trinajstić information content (AvgIpc) is 2.74. The lowest BCUT2D eigenvalue weighted by molar-refractivity contribution is -0.132. The van der Waals surface area contributed by atoms with E-state index in [1.54, 1.807) is 29.2 Å². The first-order valence-electron chi connectivity index (χ1n) is 10.3. The number of carbonyl (C=O) groups is 1. The van der Waals surface area contributed by atoms with Crippen molar-refractivity contribution in [3.63, 3.8) is 0 Å². The van der Waals surface area contributed by atoms with Crippen LogP contribution in [-0.2, 0) is 14.6 Å². The summed E-state index contributed by atoms with van der Waals surface area (Å²) in [6, 6.07) is 14.3. The normalized spacial score (nSPS) is 15.1. The van der Waals surface area contributed by atoms with E-state index in [1.165, 1.54) is 0 Å². The summed E-state index contributed by atoms with van der Waals surface area (Å²) in [4.78, 5) is 14.5. The maximum absolute atomic E-state index is 12.5. The van der Waals surface area contributed by atoms with Crippen molar-refractivity contribution in [3.8, 4) is 11.5 Å². The first-order valence-corrected chi connectivity index (χ1v) is 12.0. The smallest absolute Gasteiger partial charge is 0.223 e. The van der Waals surface area contributed by atoms with E-state index in [-0.39, 0.29) is 29.1 Å². The number of hydrogen-bond acceptors (Lipinski definition) is 5. The van der Waals surface area contributed by atoms with Gasteiger partial charge >= 0.3 is 0 Å². The molecule has 162 valence electrons. The Morgan fingerprint density at radius 1 is 1.03 bits per heavy atom. The third-order valence-corrected chi connectivity index (χ3v) is 6.93. The van der Waals surface area contributed by atoms with E-state index < -0.39 is 9.84 Å². The fourth-order valence-corrected chi connectivity index (χ4v) is 4.70. The van der Waals surface area contributed by atoms with Crippen LogP contribution in [0.4, 0.5) is 0 Å². The summed E-state index contributed by atoms with van der Waals surface area (Å²) < 4.78 is 36.6. The van der Waals surface area contributed by atoms with Gasteiger partial charge in [0.2, 0.25) is 5.91 Å². The Bertz CT molecular complexity index is 948.